The number of para-hydroxylation sites is 3. The first-order valence-corrected chi connectivity index (χ1v) is 14.4. The van der Waals surface area contributed by atoms with Gasteiger partial charge in [0.2, 0.25) is 0 Å². The van der Waals surface area contributed by atoms with Gasteiger partial charge in [-0.3, -0.25) is 0 Å². The lowest BCUT2D eigenvalue weighted by molar-refractivity contribution is 0.483. The topological polar surface area (TPSA) is 25.4 Å². The number of hydrogen-bond acceptors (Lipinski definition) is 3. The Balaban J connectivity index is 1.22. The van der Waals surface area contributed by atoms with Gasteiger partial charge in [-0.05, 0) is 84.3 Å². The molecule has 204 valence electrons. The van der Waals surface area contributed by atoms with Gasteiger partial charge in [0.1, 0.15) is 11.5 Å². The number of fused-ring (bicyclic) bond motifs is 2. The van der Waals surface area contributed by atoms with Gasteiger partial charge in [0, 0.05) is 22.2 Å². The van der Waals surface area contributed by atoms with Gasteiger partial charge in [-0.15, -0.1) is 0 Å². The fourth-order valence-electron chi connectivity index (χ4n) is 6.04. The number of anilines is 3. The minimum atomic E-state index is -0.0739. The average Bonchev–Trinajstić information content (AvgIpc) is 3.03. The Morgan fingerprint density at radius 2 is 1.19 bits per heavy atom. The first-order valence-electron chi connectivity index (χ1n) is 14.4. The quantitative estimate of drug-likeness (QED) is 0.216. The van der Waals surface area contributed by atoms with Crippen molar-refractivity contribution in [3.63, 3.8) is 0 Å². The molecule has 0 saturated heterocycles. The van der Waals surface area contributed by atoms with Gasteiger partial charge in [-0.1, -0.05) is 92.7 Å². The van der Waals surface area contributed by atoms with Crippen molar-refractivity contribution in [1.29, 1.82) is 0 Å². The van der Waals surface area contributed by atoms with Crippen molar-refractivity contribution in [3.8, 4) is 34.0 Å². The van der Waals surface area contributed by atoms with Crippen LogP contribution in [0.1, 0.15) is 30.5 Å². The summed E-state index contributed by atoms with van der Waals surface area (Å²) in [6.07, 6.45) is 0. The van der Waals surface area contributed by atoms with E-state index < -0.39 is 0 Å². The summed E-state index contributed by atoms with van der Waals surface area (Å²) in [6, 6.07) is 48.5. The Kier molecular flexibility index (Phi) is 6.36. The Labute approximate surface area is 247 Å². The molecule has 0 bridgehead atoms. The van der Waals surface area contributed by atoms with Crippen LogP contribution in [0.2, 0.25) is 0 Å². The molecule has 0 aliphatic carbocycles. The summed E-state index contributed by atoms with van der Waals surface area (Å²) in [5, 5.41) is 0. The molecule has 2 heterocycles. The third kappa shape index (κ3) is 4.53. The van der Waals surface area contributed by atoms with Crippen LogP contribution in [0.15, 0.2) is 140 Å². The predicted molar refractivity (Wildman–Crippen MR) is 173 cm³/mol. The van der Waals surface area contributed by atoms with Crippen molar-refractivity contribution in [1.82, 2.24) is 4.98 Å². The molecule has 3 heteroatoms. The van der Waals surface area contributed by atoms with Crippen molar-refractivity contribution in [2.75, 3.05) is 4.90 Å². The molecule has 1 aliphatic heterocycles. The van der Waals surface area contributed by atoms with Gasteiger partial charge in [0.15, 0.2) is 0 Å². The predicted octanol–water partition coefficient (Wildman–Crippen LogP) is 10.6. The molecule has 0 spiro atoms. The van der Waals surface area contributed by atoms with Crippen molar-refractivity contribution >= 4 is 17.1 Å². The number of benzene rings is 5. The molecule has 5 aromatic carbocycles. The fraction of sp³-hybridized carbons (Fsp3) is 0.103. The Hall–Kier alpha value is -5.15. The second kappa shape index (κ2) is 10.4. The number of hydrogen-bond donors (Lipinski definition) is 0. The third-order valence-corrected chi connectivity index (χ3v) is 8.27. The van der Waals surface area contributed by atoms with Gasteiger partial charge in [0.05, 0.1) is 22.8 Å². The molecule has 0 fully saturated rings. The highest BCUT2D eigenvalue weighted by molar-refractivity contribution is 5.86. The maximum atomic E-state index is 6.11. The van der Waals surface area contributed by atoms with Crippen LogP contribution in [0, 0.1) is 6.92 Å². The molecular weight excluding hydrogens is 512 g/mol. The lowest BCUT2D eigenvalue weighted by Crippen LogP contribution is -2.30. The summed E-state index contributed by atoms with van der Waals surface area (Å²) in [5.41, 5.74) is 11.3. The first kappa shape index (κ1) is 25.8. The molecule has 0 N–H and O–H groups in total. The van der Waals surface area contributed by atoms with Crippen molar-refractivity contribution in [3.05, 3.63) is 156 Å². The number of pyridine rings is 1. The van der Waals surface area contributed by atoms with Crippen LogP contribution < -0.4 is 9.64 Å². The maximum absolute atomic E-state index is 6.11. The molecular formula is C39H32N2O. The van der Waals surface area contributed by atoms with E-state index in [9.17, 15) is 0 Å². The zero-order valence-corrected chi connectivity index (χ0v) is 24.1. The molecule has 3 nitrogen and oxygen atoms in total. The summed E-state index contributed by atoms with van der Waals surface area (Å²) in [6.45, 7) is 6.74. The molecule has 0 radical (unpaired) electrons. The highest BCUT2D eigenvalue weighted by atomic mass is 16.5. The fourth-order valence-corrected chi connectivity index (χ4v) is 6.04. The van der Waals surface area contributed by atoms with Crippen LogP contribution >= 0.6 is 0 Å². The van der Waals surface area contributed by atoms with Crippen LogP contribution in [0.5, 0.6) is 11.5 Å². The highest BCUT2D eigenvalue weighted by Crippen LogP contribution is 2.51. The molecule has 6 aromatic rings. The van der Waals surface area contributed by atoms with Gasteiger partial charge in [-0.25, -0.2) is 4.98 Å². The monoisotopic (exact) mass is 544 g/mol. The van der Waals surface area contributed by atoms with Crippen molar-refractivity contribution in [2.24, 2.45) is 0 Å². The maximum Gasteiger partial charge on any atom is 0.128 e. The van der Waals surface area contributed by atoms with Gasteiger partial charge < -0.3 is 9.64 Å². The molecule has 0 unspecified atom stereocenters. The van der Waals surface area contributed by atoms with Gasteiger partial charge in [-0.2, -0.15) is 0 Å². The Morgan fingerprint density at radius 3 is 1.88 bits per heavy atom. The summed E-state index contributed by atoms with van der Waals surface area (Å²) in [7, 11) is 0. The lowest BCUT2D eigenvalue weighted by Gasteiger charge is -2.42. The number of aromatic nitrogens is 1. The summed E-state index contributed by atoms with van der Waals surface area (Å²) < 4.78 is 6.11. The van der Waals surface area contributed by atoms with E-state index in [0.29, 0.717) is 0 Å². The second-order valence-corrected chi connectivity index (χ2v) is 11.3. The third-order valence-electron chi connectivity index (χ3n) is 8.27. The zero-order chi connectivity index (χ0) is 28.7. The largest absolute Gasteiger partial charge is 0.457 e. The van der Waals surface area contributed by atoms with E-state index in [4.69, 9.17) is 9.72 Å². The van der Waals surface area contributed by atoms with Crippen molar-refractivity contribution in [2.45, 2.75) is 26.2 Å². The number of ether oxygens (including phenoxy) is 1. The number of aryl methyl sites for hydroxylation is 1. The minimum absolute atomic E-state index is 0.0739. The van der Waals surface area contributed by atoms with E-state index in [1.54, 1.807) is 0 Å². The average molecular weight is 545 g/mol. The van der Waals surface area contributed by atoms with Gasteiger partial charge in [0.25, 0.3) is 0 Å². The molecule has 1 aromatic heterocycles. The molecule has 0 amide bonds. The molecule has 7 rings (SSSR count). The van der Waals surface area contributed by atoms with Crippen LogP contribution in [-0.2, 0) is 5.41 Å². The van der Waals surface area contributed by atoms with E-state index in [2.05, 4.69) is 129 Å². The van der Waals surface area contributed by atoms with E-state index in [0.717, 1.165) is 45.3 Å². The normalized spacial score (nSPS) is 13.3. The van der Waals surface area contributed by atoms with E-state index >= 15 is 0 Å². The van der Waals surface area contributed by atoms with Gasteiger partial charge >= 0.3 is 0 Å². The first-order chi connectivity index (χ1) is 20.5. The van der Waals surface area contributed by atoms with Crippen LogP contribution in [-0.4, -0.2) is 4.98 Å². The summed E-state index contributed by atoms with van der Waals surface area (Å²) in [5.74, 6) is 1.61. The second-order valence-electron chi connectivity index (χ2n) is 11.3. The lowest BCUT2D eigenvalue weighted by atomic mass is 9.73. The van der Waals surface area contributed by atoms with E-state index in [1.165, 1.54) is 22.5 Å². The zero-order valence-electron chi connectivity index (χ0n) is 24.1. The number of nitrogens with zero attached hydrogens (tertiary/aromatic N) is 2. The smallest absolute Gasteiger partial charge is 0.128 e. The Morgan fingerprint density at radius 1 is 0.571 bits per heavy atom. The number of rotatable bonds is 5. The molecule has 0 saturated carbocycles. The van der Waals surface area contributed by atoms with Crippen LogP contribution in [0.3, 0.4) is 0 Å². The molecule has 42 heavy (non-hydrogen) atoms. The summed E-state index contributed by atoms with van der Waals surface area (Å²) >= 11 is 0. The van der Waals surface area contributed by atoms with Crippen LogP contribution in [0.25, 0.3) is 22.5 Å². The highest BCUT2D eigenvalue weighted by Gasteiger charge is 2.36. The van der Waals surface area contributed by atoms with E-state index in [-0.39, 0.29) is 5.41 Å². The van der Waals surface area contributed by atoms with Crippen LogP contribution in [0.4, 0.5) is 17.1 Å². The standard InChI is InChI=1S/C39H32N2O/c1-27-20-25-31(42-30-12-5-4-6-13-30)26-32(27)36-17-11-16-35(40-36)28-21-23-29(24-22-28)41-37-18-9-7-14-33(37)39(2,3)34-15-8-10-19-38(34)41/h4-26H,1-3H3. The van der Waals surface area contributed by atoms with E-state index in [1.807, 2.05) is 36.4 Å². The molecule has 1 aliphatic rings. The van der Waals surface area contributed by atoms with Crippen molar-refractivity contribution < 1.29 is 4.74 Å². The Bertz CT molecular complexity index is 1840. The SMILES string of the molecule is Cc1ccc(Oc2ccccc2)cc1-c1cccc(-c2ccc(N3c4ccccc4C(C)(C)c4ccccc43)cc2)n1. The molecule has 0 atom stereocenters. The summed E-state index contributed by atoms with van der Waals surface area (Å²) in [4.78, 5) is 7.47. The minimum Gasteiger partial charge on any atom is -0.457 e.